The zero-order chi connectivity index (χ0) is 34.9. The SMILES string of the molecule is CCOC(=O)c1c(NC(=O)C(CC)Sc2cccc(NC(=O)/C(=C\c3ccccc3Cl)NC(=O)c3ccccc3)c2)sc2c1CCC(C)C2. The van der Waals surface area contributed by atoms with Gasteiger partial charge in [0.15, 0.2) is 0 Å². The predicted molar refractivity (Wildman–Crippen MR) is 198 cm³/mol. The van der Waals surface area contributed by atoms with E-state index in [0.717, 1.165) is 34.6 Å². The van der Waals surface area contributed by atoms with Crippen molar-refractivity contribution in [1.82, 2.24) is 5.32 Å². The molecule has 1 aromatic heterocycles. The molecular formula is C38H38ClN3O5S2. The molecule has 3 amide bonds. The molecule has 2 atom stereocenters. The van der Waals surface area contributed by atoms with Gasteiger partial charge in [0.05, 0.1) is 17.4 Å². The first kappa shape index (κ1) is 35.9. The number of esters is 1. The van der Waals surface area contributed by atoms with Crippen LogP contribution in [0.4, 0.5) is 10.7 Å². The van der Waals surface area contributed by atoms with Crippen molar-refractivity contribution in [2.24, 2.45) is 5.92 Å². The first-order valence-corrected chi connectivity index (χ1v) is 18.3. The van der Waals surface area contributed by atoms with Gasteiger partial charge >= 0.3 is 5.97 Å². The Labute approximate surface area is 299 Å². The zero-order valence-electron chi connectivity index (χ0n) is 27.5. The van der Waals surface area contributed by atoms with E-state index in [4.69, 9.17) is 16.3 Å². The van der Waals surface area contributed by atoms with Crippen LogP contribution in [-0.4, -0.2) is 35.5 Å². The number of fused-ring (bicyclic) bond motifs is 1. The third-order valence-electron chi connectivity index (χ3n) is 8.00. The molecule has 49 heavy (non-hydrogen) atoms. The number of thioether (sulfide) groups is 1. The molecule has 2 unspecified atom stereocenters. The van der Waals surface area contributed by atoms with Gasteiger partial charge in [-0.05, 0) is 92.1 Å². The number of rotatable bonds is 12. The number of hydrogen-bond donors (Lipinski definition) is 3. The van der Waals surface area contributed by atoms with Crippen molar-refractivity contribution in [3.05, 3.63) is 117 Å². The van der Waals surface area contributed by atoms with Crippen molar-refractivity contribution < 1.29 is 23.9 Å². The summed E-state index contributed by atoms with van der Waals surface area (Å²) in [4.78, 5) is 55.1. The maximum absolute atomic E-state index is 13.6. The van der Waals surface area contributed by atoms with E-state index in [1.807, 2.05) is 13.0 Å². The monoisotopic (exact) mass is 715 g/mol. The van der Waals surface area contributed by atoms with Crippen LogP contribution in [0, 0.1) is 5.92 Å². The van der Waals surface area contributed by atoms with E-state index in [2.05, 4.69) is 22.9 Å². The number of anilines is 2. The topological polar surface area (TPSA) is 114 Å². The number of ether oxygens (including phenoxy) is 1. The van der Waals surface area contributed by atoms with Crippen LogP contribution < -0.4 is 16.0 Å². The van der Waals surface area contributed by atoms with E-state index in [1.165, 1.54) is 29.2 Å². The summed E-state index contributed by atoms with van der Waals surface area (Å²) in [6, 6.07) is 22.8. The maximum Gasteiger partial charge on any atom is 0.341 e. The molecule has 254 valence electrons. The maximum atomic E-state index is 13.6. The van der Waals surface area contributed by atoms with Gasteiger partial charge in [-0.15, -0.1) is 23.1 Å². The molecule has 8 nitrogen and oxygen atoms in total. The van der Waals surface area contributed by atoms with Crippen LogP contribution in [0.25, 0.3) is 6.08 Å². The minimum absolute atomic E-state index is 0.0104. The van der Waals surface area contributed by atoms with Crippen molar-refractivity contribution in [3.63, 3.8) is 0 Å². The lowest BCUT2D eigenvalue weighted by Crippen LogP contribution is -2.30. The van der Waals surface area contributed by atoms with Gasteiger partial charge in [-0.25, -0.2) is 4.79 Å². The number of carbonyl (C=O) groups is 4. The lowest BCUT2D eigenvalue weighted by Gasteiger charge is -2.18. The summed E-state index contributed by atoms with van der Waals surface area (Å²) in [6.45, 7) is 6.15. The smallest absolute Gasteiger partial charge is 0.341 e. The molecule has 3 aromatic carbocycles. The van der Waals surface area contributed by atoms with Crippen molar-refractivity contribution >= 4 is 75.2 Å². The molecule has 0 fully saturated rings. The number of thiophene rings is 1. The minimum atomic E-state index is -0.543. The largest absolute Gasteiger partial charge is 0.462 e. The second kappa shape index (κ2) is 16.8. The third kappa shape index (κ3) is 9.20. The number of benzene rings is 3. The molecule has 11 heteroatoms. The Morgan fingerprint density at radius 1 is 1.00 bits per heavy atom. The first-order chi connectivity index (χ1) is 23.7. The van der Waals surface area contributed by atoms with E-state index >= 15 is 0 Å². The molecule has 4 aromatic rings. The number of nitrogens with one attached hydrogen (secondary N) is 3. The summed E-state index contributed by atoms with van der Waals surface area (Å²) in [5.41, 5.74) is 2.92. The molecule has 0 spiro atoms. The highest BCUT2D eigenvalue weighted by Crippen LogP contribution is 2.41. The van der Waals surface area contributed by atoms with Gasteiger partial charge in [0.1, 0.15) is 10.7 Å². The molecule has 1 aliphatic carbocycles. The highest BCUT2D eigenvalue weighted by atomic mass is 35.5. The molecular weight excluding hydrogens is 678 g/mol. The molecule has 0 radical (unpaired) electrons. The third-order valence-corrected chi connectivity index (χ3v) is 10.9. The van der Waals surface area contributed by atoms with Crippen LogP contribution in [0.5, 0.6) is 0 Å². The van der Waals surface area contributed by atoms with E-state index in [0.29, 0.717) is 44.7 Å². The Morgan fingerprint density at radius 3 is 2.49 bits per heavy atom. The highest BCUT2D eigenvalue weighted by molar-refractivity contribution is 8.00. The fourth-order valence-corrected chi connectivity index (χ4v) is 8.08. The molecule has 0 saturated carbocycles. The average molecular weight is 716 g/mol. The lowest BCUT2D eigenvalue weighted by atomic mass is 9.88. The van der Waals surface area contributed by atoms with E-state index < -0.39 is 23.0 Å². The molecule has 0 aliphatic heterocycles. The van der Waals surface area contributed by atoms with Crippen LogP contribution in [0.2, 0.25) is 5.02 Å². The van der Waals surface area contributed by atoms with E-state index in [9.17, 15) is 19.2 Å². The second-order valence-electron chi connectivity index (χ2n) is 11.7. The molecule has 0 bridgehead atoms. The summed E-state index contributed by atoms with van der Waals surface area (Å²) in [6.07, 6.45) is 4.70. The second-order valence-corrected chi connectivity index (χ2v) is 14.5. The van der Waals surface area contributed by atoms with Gasteiger partial charge in [0.2, 0.25) is 5.91 Å². The number of carbonyl (C=O) groups excluding carboxylic acids is 4. The van der Waals surface area contributed by atoms with Gasteiger partial charge in [-0.1, -0.05) is 67.9 Å². The van der Waals surface area contributed by atoms with Gasteiger partial charge in [-0.2, -0.15) is 0 Å². The van der Waals surface area contributed by atoms with Crippen molar-refractivity contribution in [2.75, 3.05) is 17.2 Å². The van der Waals surface area contributed by atoms with E-state index in [1.54, 1.807) is 79.7 Å². The fraction of sp³-hybridized carbons (Fsp3) is 0.263. The van der Waals surface area contributed by atoms with Crippen molar-refractivity contribution in [1.29, 1.82) is 0 Å². The predicted octanol–water partition coefficient (Wildman–Crippen LogP) is 8.62. The Morgan fingerprint density at radius 2 is 1.76 bits per heavy atom. The summed E-state index contributed by atoms with van der Waals surface area (Å²) in [5, 5.41) is 9.14. The van der Waals surface area contributed by atoms with Crippen LogP contribution in [0.15, 0.2) is 89.5 Å². The highest BCUT2D eigenvalue weighted by Gasteiger charge is 2.30. The summed E-state index contributed by atoms with van der Waals surface area (Å²) in [5.74, 6) is -1.09. The van der Waals surface area contributed by atoms with Gasteiger partial charge in [0.25, 0.3) is 11.8 Å². The molecule has 5 rings (SSSR count). The quantitative estimate of drug-likeness (QED) is 0.0769. The van der Waals surface area contributed by atoms with Gasteiger partial charge in [0, 0.05) is 26.0 Å². The molecule has 1 heterocycles. The minimum Gasteiger partial charge on any atom is -0.462 e. The number of amides is 3. The Bertz CT molecular complexity index is 1870. The van der Waals surface area contributed by atoms with Crippen molar-refractivity contribution in [3.8, 4) is 0 Å². The molecule has 0 saturated heterocycles. The Hall–Kier alpha value is -4.38. The zero-order valence-corrected chi connectivity index (χ0v) is 29.9. The number of hydrogen-bond acceptors (Lipinski definition) is 7. The normalized spacial score (nSPS) is 14.7. The Balaban J connectivity index is 1.32. The van der Waals surface area contributed by atoms with Crippen LogP contribution >= 0.6 is 34.7 Å². The lowest BCUT2D eigenvalue weighted by molar-refractivity contribution is -0.116. The fourth-order valence-electron chi connectivity index (χ4n) is 5.47. The average Bonchev–Trinajstić information content (AvgIpc) is 3.45. The molecule has 1 aliphatic rings. The number of halogens is 1. The van der Waals surface area contributed by atoms with Crippen LogP contribution in [-0.2, 0) is 27.2 Å². The summed E-state index contributed by atoms with van der Waals surface area (Å²) >= 11 is 9.20. The van der Waals surface area contributed by atoms with Crippen LogP contribution in [0.3, 0.4) is 0 Å². The first-order valence-electron chi connectivity index (χ1n) is 16.2. The Kier molecular flexibility index (Phi) is 12.3. The standard InChI is InChI=1S/C38H38ClN3O5S2/c1-4-31(36(45)42-37-33(38(46)47-5-2)28-19-18-23(3)20-32(28)49-37)48-27-16-11-15-26(22-27)40-35(44)30(21-25-14-9-10-17-29(25)39)41-34(43)24-12-7-6-8-13-24/h6-17,21-23,31H,4-5,18-20H2,1-3H3,(H,40,44)(H,41,43)(H,42,45)/b30-21+. The van der Waals surface area contributed by atoms with Crippen molar-refractivity contribution in [2.45, 2.75) is 56.6 Å². The van der Waals surface area contributed by atoms with E-state index in [-0.39, 0.29) is 18.2 Å². The van der Waals surface area contributed by atoms with Gasteiger partial charge in [-0.3, -0.25) is 14.4 Å². The molecule has 3 N–H and O–H groups in total. The van der Waals surface area contributed by atoms with Gasteiger partial charge < -0.3 is 20.7 Å². The summed E-state index contributed by atoms with van der Waals surface area (Å²) < 4.78 is 5.37. The van der Waals surface area contributed by atoms with Crippen LogP contribution in [0.1, 0.15) is 70.3 Å². The summed E-state index contributed by atoms with van der Waals surface area (Å²) in [7, 11) is 0.